The Bertz CT molecular complexity index is 383. The van der Waals surface area contributed by atoms with Crippen LogP contribution in [0.1, 0.15) is 24.3 Å². The first-order valence-electron chi connectivity index (χ1n) is 5.02. The average molecular weight is 202 g/mol. The number of hydrogen-bond donors (Lipinski definition) is 1. The van der Waals surface area contributed by atoms with Crippen molar-refractivity contribution < 1.29 is 4.42 Å². The molecular weight excluding hydrogens is 188 g/mol. The zero-order valence-corrected chi connectivity index (χ0v) is 8.68. The van der Waals surface area contributed by atoms with Crippen molar-refractivity contribution in [2.24, 2.45) is 0 Å². The van der Waals surface area contributed by atoms with E-state index >= 15 is 0 Å². The van der Waals surface area contributed by atoms with Crippen LogP contribution in [0.5, 0.6) is 0 Å². The van der Waals surface area contributed by atoms with E-state index in [0.717, 1.165) is 12.3 Å². The van der Waals surface area contributed by atoms with E-state index in [1.165, 1.54) is 5.56 Å². The van der Waals surface area contributed by atoms with Gasteiger partial charge in [0.1, 0.15) is 5.76 Å². The maximum absolute atomic E-state index is 5.24. The second-order valence-corrected chi connectivity index (χ2v) is 3.47. The van der Waals surface area contributed by atoms with Gasteiger partial charge in [-0.3, -0.25) is 4.98 Å². The van der Waals surface area contributed by atoms with Crippen LogP contribution in [0.2, 0.25) is 0 Å². The van der Waals surface area contributed by atoms with Crippen LogP contribution >= 0.6 is 0 Å². The third kappa shape index (κ3) is 2.67. The van der Waals surface area contributed by atoms with Crippen molar-refractivity contribution in [2.75, 3.05) is 0 Å². The molecule has 0 aliphatic rings. The fourth-order valence-corrected chi connectivity index (χ4v) is 1.42. The highest BCUT2D eigenvalue weighted by molar-refractivity contribution is 5.13. The standard InChI is InChI=1S/C12H14N2O/c1-10(11-4-2-6-13-8-11)14-9-12-5-3-7-15-12/h2-8,10,14H,9H2,1H3/t10-/m0/s1. The first-order chi connectivity index (χ1) is 7.36. The Labute approximate surface area is 89.1 Å². The summed E-state index contributed by atoms with van der Waals surface area (Å²) in [5.74, 6) is 0.950. The largest absolute Gasteiger partial charge is 0.468 e. The molecule has 0 spiro atoms. The van der Waals surface area contributed by atoms with Crippen LogP contribution in [0.4, 0.5) is 0 Å². The van der Waals surface area contributed by atoms with Crippen molar-refractivity contribution in [3.8, 4) is 0 Å². The first-order valence-corrected chi connectivity index (χ1v) is 5.02. The molecule has 2 heterocycles. The van der Waals surface area contributed by atoms with E-state index in [-0.39, 0.29) is 6.04 Å². The summed E-state index contributed by atoms with van der Waals surface area (Å²) in [7, 11) is 0. The molecule has 1 N–H and O–H groups in total. The summed E-state index contributed by atoms with van der Waals surface area (Å²) < 4.78 is 5.24. The van der Waals surface area contributed by atoms with Crippen LogP contribution in [-0.4, -0.2) is 4.98 Å². The fourth-order valence-electron chi connectivity index (χ4n) is 1.42. The lowest BCUT2D eigenvalue weighted by Gasteiger charge is -2.12. The smallest absolute Gasteiger partial charge is 0.117 e. The Morgan fingerprint density at radius 3 is 3.00 bits per heavy atom. The maximum Gasteiger partial charge on any atom is 0.117 e. The first kappa shape index (κ1) is 9.93. The van der Waals surface area contributed by atoms with Gasteiger partial charge < -0.3 is 9.73 Å². The third-order valence-electron chi connectivity index (χ3n) is 2.35. The van der Waals surface area contributed by atoms with Gasteiger partial charge in [0.2, 0.25) is 0 Å². The molecule has 0 saturated carbocycles. The molecule has 2 rings (SSSR count). The molecule has 3 heteroatoms. The predicted octanol–water partition coefficient (Wildman–Crippen LogP) is 2.53. The van der Waals surface area contributed by atoms with E-state index in [2.05, 4.69) is 23.3 Å². The molecule has 0 aliphatic carbocycles. The van der Waals surface area contributed by atoms with Gasteiger partial charge in [0.05, 0.1) is 12.8 Å². The highest BCUT2D eigenvalue weighted by Gasteiger charge is 2.04. The van der Waals surface area contributed by atoms with Gasteiger partial charge in [0, 0.05) is 18.4 Å². The maximum atomic E-state index is 5.24. The molecule has 0 unspecified atom stereocenters. The average Bonchev–Trinajstić information content (AvgIpc) is 2.80. The summed E-state index contributed by atoms with van der Waals surface area (Å²) in [5.41, 5.74) is 1.18. The van der Waals surface area contributed by atoms with E-state index in [1.807, 2.05) is 24.4 Å². The Morgan fingerprint density at radius 1 is 1.40 bits per heavy atom. The molecule has 0 bridgehead atoms. The lowest BCUT2D eigenvalue weighted by Crippen LogP contribution is -2.17. The quantitative estimate of drug-likeness (QED) is 0.827. The molecule has 0 saturated heterocycles. The number of hydrogen-bond acceptors (Lipinski definition) is 3. The topological polar surface area (TPSA) is 38.1 Å². The molecule has 2 aromatic rings. The molecule has 3 nitrogen and oxygen atoms in total. The molecule has 0 aliphatic heterocycles. The van der Waals surface area contributed by atoms with Crippen molar-refractivity contribution in [1.29, 1.82) is 0 Å². The number of furan rings is 1. The summed E-state index contributed by atoms with van der Waals surface area (Å²) in [5, 5.41) is 3.37. The number of rotatable bonds is 4. The molecule has 2 aromatic heterocycles. The molecule has 1 atom stereocenters. The van der Waals surface area contributed by atoms with Crippen LogP contribution in [0.25, 0.3) is 0 Å². The van der Waals surface area contributed by atoms with Gasteiger partial charge in [-0.15, -0.1) is 0 Å². The van der Waals surface area contributed by atoms with Gasteiger partial charge in [0.15, 0.2) is 0 Å². The van der Waals surface area contributed by atoms with Crippen molar-refractivity contribution in [1.82, 2.24) is 10.3 Å². The Hall–Kier alpha value is -1.61. The van der Waals surface area contributed by atoms with Gasteiger partial charge in [-0.25, -0.2) is 0 Å². The number of nitrogens with one attached hydrogen (secondary N) is 1. The monoisotopic (exact) mass is 202 g/mol. The van der Waals surface area contributed by atoms with E-state index in [0.29, 0.717) is 0 Å². The zero-order valence-electron chi connectivity index (χ0n) is 8.68. The lowest BCUT2D eigenvalue weighted by molar-refractivity contribution is 0.460. The van der Waals surface area contributed by atoms with Gasteiger partial charge in [-0.05, 0) is 30.7 Å². The molecule has 78 valence electrons. The van der Waals surface area contributed by atoms with Crippen molar-refractivity contribution in [3.63, 3.8) is 0 Å². The van der Waals surface area contributed by atoms with Crippen molar-refractivity contribution >= 4 is 0 Å². The van der Waals surface area contributed by atoms with Crippen LogP contribution in [0, 0.1) is 0 Å². The highest BCUT2D eigenvalue weighted by atomic mass is 16.3. The molecule has 0 fully saturated rings. The molecular formula is C12H14N2O. The Morgan fingerprint density at radius 2 is 2.33 bits per heavy atom. The van der Waals surface area contributed by atoms with Crippen molar-refractivity contribution in [3.05, 3.63) is 54.2 Å². The van der Waals surface area contributed by atoms with E-state index < -0.39 is 0 Å². The number of nitrogens with zero attached hydrogens (tertiary/aromatic N) is 1. The van der Waals surface area contributed by atoms with Crippen molar-refractivity contribution in [2.45, 2.75) is 19.5 Å². The van der Waals surface area contributed by atoms with Gasteiger partial charge >= 0.3 is 0 Å². The second-order valence-electron chi connectivity index (χ2n) is 3.47. The second kappa shape index (κ2) is 4.75. The van der Waals surface area contributed by atoms with Gasteiger partial charge in [0.25, 0.3) is 0 Å². The van der Waals surface area contributed by atoms with Gasteiger partial charge in [-0.1, -0.05) is 6.07 Å². The van der Waals surface area contributed by atoms with Gasteiger partial charge in [-0.2, -0.15) is 0 Å². The summed E-state index contributed by atoms with van der Waals surface area (Å²) in [4.78, 5) is 4.09. The van der Waals surface area contributed by atoms with Crippen LogP contribution in [0.15, 0.2) is 47.3 Å². The third-order valence-corrected chi connectivity index (χ3v) is 2.35. The number of aromatic nitrogens is 1. The normalized spacial score (nSPS) is 12.6. The predicted molar refractivity (Wildman–Crippen MR) is 58.2 cm³/mol. The minimum atomic E-state index is 0.281. The van der Waals surface area contributed by atoms with Crippen LogP contribution in [0.3, 0.4) is 0 Å². The Kier molecular flexibility index (Phi) is 3.15. The summed E-state index contributed by atoms with van der Waals surface area (Å²) >= 11 is 0. The summed E-state index contributed by atoms with van der Waals surface area (Å²) in [6, 6.07) is 8.14. The lowest BCUT2D eigenvalue weighted by atomic mass is 10.1. The zero-order chi connectivity index (χ0) is 10.5. The molecule has 0 amide bonds. The summed E-state index contributed by atoms with van der Waals surface area (Å²) in [6.07, 6.45) is 5.34. The molecule has 0 aromatic carbocycles. The molecule has 15 heavy (non-hydrogen) atoms. The molecule has 0 radical (unpaired) electrons. The van der Waals surface area contributed by atoms with E-state index in [9.17, 15) is 0 Å². The van der Waals surface area contributed by atoms with Crippen LogP contribution in [-0.2, 0) is 6.54 Å². The summed E-state index contributed by atoms with van der Waals surface area (Å²) in [6.45, 7) is 2.85. The van der Waals surface area contributed by atoms with E-state index in [4.69, 9.17) is 4.42 Å². The van der Waals surface area contributed by atoms with E-state index in [1.54, 1.807) is 12.5 Å². The Balaban J connectivity index is 1.90. The fraction of sp³-hybridized carbons (Fsp3) is 0.250. The number of pyridine rings is 1. The minimum absolute atomic E-state index is 0.281. The SMILES string of the molecule is C[C@H](NCc1ccco1)c1cccnc1. The van der Waals surface area contributed by atoms with Crippen LogP contribution < -0.4 is 5.32 Å². The highest BCUT2D eigenvalue weighted by Crippen LogP contribution is 2.11. The minimum Gasteiger partial charge on any atom is -0.468 e.